The second kappa shape index (κ2) is 5.60. The summed E-state index contributed by atoms with van der Waals surface area (Å²) in [6.07, 6.45) is 0.129. The van der Waals surface area contributed by atoms with Crippen LogP contribution >= 0.6 is 0 Å². The molecule has 0 aromatic heterocycles. The van der Waals surface area contributed by atoms with Gasteiger partial charge in [0.15, 0.2) is 0 Å². The molecule has 1 atom stereocenters. The van der Waals surface area contributed by atoms with Crippen molar-refractivity contribution in [2.45, 2.75) is 32.7 Å². The van der Waals surface area contributed by atoms with Gasteiger partial charge in [0.05, 0.1) is 10.5 Å². The van der Waals surface area contributed by atoms with E-state index in [1.54, 1.807) is 19.1 Å². The highest BCUT2D eigenvalue weighted by Gasteiger charge is 2.29. The van der Waals surface area contributed by atoms with Crippen LogP contribution in [0, 0.1) is 10.1 Å². The van der Waals surface area contributed by atoms with Crippen LogP contribution in [0.3, 0.4) is 0 Å². The van der Waals surface area contributed by atoms with Crippen LogP contribution in [0.25, 0.3) is 0 Å². The molecule has 0 fully saturated rings. The highest BCUT2D eigenvalue weighted by Crippen LogP contribution is 2.26. The number of rotatable bonds is 5. The zero-order valence-electron chi connectivity index (χ0n) is 11.1. The van der Waals surface area contributed by atoms with Crippen LogP contribution in [-0.2, 0) is 15.1 Å². The number of amides is 1. The van der Waals surface area contributed by atoms with Crippen molar-refractivity contribution >= 4 is 17.4 Å². The third-order valence-corrected chi connectivity index (χ3v) is 2.77. The van der Waals surface area contributed by atoms with Crippen molar-refractivity contribution < 1.29 is 14.5 Å². The lowest BCUT2D eigenvalue weighted by molar-refractivity contribution is -0.384. The Morgan fingerprint density at radius 3 is 2.16 bits per heavy atom. The first kappa shape index (κ1) is 14.8. The molecule has 19 heavy (non-hydrogen) atoms. The number of nitrogens with one attached hydrogen (secondary N) is 1. The van der Waals surface area contributed by atoms with Gasteiger partial charge in [0, 0.05) is 25.5 Å². The molecule has 0 aliphatic rings. The van der Waals surface area contributed by atoms with E-state index in [2.05, 4.69) is 5.32 Å². The number of ketones is 1. The van der Waals surface area contributed by atoms with Gasteiger partial charge in [-0.15, -0.1) is 0 Å². The second-order valence-electron chi connectivity index (χ2n) is 4.70. The van der Waals surface area contributed by atoms with Crippen LogP contribution in [0.15, 0.2) is 24.3 Å². The number of benzene rings is 1. The van der Waals surface area contributed by atoms with Crippen molar-refractivity contribution in [1.82, 2.24) is 5.32 Å². The lowest BCUT2D eigenvalue weighted by atomic mass is 9.87. The topological polar surface area (TPSA) is 89.3 Å². The summed E-state index contributed by atoms with van der Waals surface area (Å²) >= 11 is 0. The normalized spacial score (nSPS) is 13.4. The first-order valence-corrected chi connectivity index (χ1v) is 5.78. The molecule has 0 radical (unpaired) electrons. The molecule has 0 bridgehead atoms. The number of nitro groups is 1. The zero-order valence-corrected chi connectivity index (χ0v) is 11.1. The van der Waals surface area contributed by atoms with Crippen molar-refractivity contribution in [3.63, 3.8) is 0 Å². The van der Waals surface area contributed by atoms with Gasteiger partial charge in [-0.05, 0) is 31.5 Å². The molecule has 0 aliphatic carbocycles. The van der Waals surface area contributed by atoms with Gasteiger partial charge in [0.2, 0.25) is 5.91 Å². The minimum Gasteiger partial charge on any atom is -0.347 e. The molecule has 6 heteroatoms. The summed E-state index contributed by atoms with van der Waals surface area (Å²) in [6.45, 7) is 4.52. The van der Waals surface area contributed by atoms with E-state index in [4.69, 9.17) is 0 Å². The second-order valence-corrected chi connectivity index (χ2v) is 4.70. The molecular weight excluding hydrogens is 248 g/mol. The molecule has 1 unspecified atom stereocenters. The third kappa shape index (κ3) is 3.87. The van der Waals surface area contributed by atoms with Crippen LogP contribution in [0.1, 0.15) is 32.8 Å². The van der Waals surface area contributed by atoms with Crippen molar-refractivity contribution in [3.05, 3.63) is 39.9 Å². The molecule has 0 saturated heterocycles. The molecular formula is C13H16N2O4. The summed E-state index contributed by atoms with van der Waals surface area (Å²) in [6, 6.07) is 5.82. The molecule has 1 aromatic rings. The van der Waals surface area contributed by atoms with Gasteiger partial charge in [-0.3, -0.25) is 19.7 Å². The van der Waals surface area contributed by atoms with Crippen molar-refractivity contribution in [3.8, 4) is 0 Å². The van der Waals surface area contributed by atoms with Crippen LogP contribution in [0.4, 0.5) is 5.69 Å². The molecule has 0 heterocycles. The summed E-state index contributed by atoms with van der Waals surface area (Å²) < 4.78 is 0. The third-order valence-electron chi connectivity index (χ3n) is 2.77. The van der Waals surface area contributed by atoms with Crippen molar-refractivity contribution in [2.75, 3.05) is 0 Å². The predicted molar refractivity (Wildman–Crippen MR) is 69.6 cm³/mol. The maximum absolute atomic E-state index is 11.3. The average Bonchev–Trinajstić information content (AvgIpc) is 2.26. The van der Waals surface area contributed by atoms with E-state index >= 15 is 0 Å². The summed E-state index contributed by atoms with van der Waals surface area (Å²) in [5, 5.41) is 13.3. The molecule has 1 aromatic carbocycles. The number of carbonyl (C=O) groups is 2. The summed E-state index contributed by atoms with van der Waals surface area (Å²) in [5.41, 5.74) is -0.229. The Hall–Kier alpha value is -2.24. The van der Waals surface area contributed by atoms with E-state index in [0.717, 1.165) is 0 Å². The number of carbonyl (C=O) groups excluding carboxylic acids is 2. The Balaban J connectivity index is 3.13. The molecule has 0 aliphatic heterocycles. The summed E-state index contributed by atoms with van der Waals surface area (Å²) in [4.78, 5) is 32.7. The fourth-order valence-corrected chi connectivity index (χ4v) is 2.06. The van der Waals surface area contributed by atoms with Gasteiger partial charge in [0.1, 0.15) is 5.78 Å². The fraction of sp³-hybridized carbons (Fsp3) is 0.385. The molecule has 1 rings (SSSR count). The highest BCUT2D eigenvalue weighted by molar-refractivity contribution is 5.80. The number of hydrogen-bond acceptors (Lipinski definition) is 4. The van der Waals surface area contributed by atoms with E-state index < -0.39 is 10.5 Å². The molecule has 0 saturated carbocycles. The number of hydrogen-bond donors (Lipinski definition) is 1. The first-order chi connectivity index (χ1) is 8.74. The lowest BCUT2D eigenvalue weighted by Gasteiger charge is -2.30. The van der Waals surface area contributed by atoms with E-state index in [9.17, 15) is 19.7 Å². The smallest absolute Gasteiger partial charge is 0.269 e. The Morgan fingerprint density at radius 2 is 1.79 bits per heavy atom. The van der Waals surface area contributed by atoms with Crippen molar-refractivity contribution in [2.24, 2.45) is 0 Å². The van der Waals surface area contributed by atoms with Gasteiger partial charge in [0.25, 0.3) is 5.69 Å². The van der Waals surface area contributed by atoms with Gasteiger partial charge in [-0.25, -0.2) is 0 Å². The monoisotopic (exact) mass is 264 g/mol. The lowest BCUT2D eigenvalue weighted by Crippen LogP contribution is -2.43. The Kier molecular flexibility index (Phi) is 4.37. The number of nitrogens with zero attached hydrogens (tertiary/aromatic N) is 1. The van der Waals surface area contributed by atoms with Crippen molar-refractivity contribution in [1.29, 1.82) is 0 Å². The Labute approximate surface area is 111 Å². The maximum Gasteiger partial charge on any atom is 0.269 e. The minimum atomic E-state index is -0.854. The van der Waals surface area contributed by atoms with Crippen LogP contribution < -0.4 is 5.32 Å². The van der Waals surface area contributed by atoms with Gasteiger partial charge < -0.3 is 5.32 Å². The SMILES string of the molecule is CC(=O)CC(C)(NC(C)=O)c1ccc([N+](=O)[O-])cc1. The first-order valence-electron chi connectivity index (χ1n) is 5.78. The van der Waals surface area contributed by atoms with E-state index in [-0.39, 0.29) is 23.8 Å². The quantitative estimate of drug-likeness (QED) is 0.650. The fourth-order valence-electron chi connectivity index (χ4n) is 2.06. The Bertz CT molecular complexity index is 492. The zero-order chi connectivity index (χ0) is 14.6. The Morgan fingerprint density at radius 1 is 1.26 bits per heavy atom. The molecule has 6 nitrogen and oxygen atoms in total. The largest absolute Gasteiger partial charge is 0.347 e. The summed E-state index contributed by atoms with van der Waals surface area (Å²) in [5.74, 6) is -0.336. The number of nitro benzene ring substituents is 1. The number of Topliss-reactive ketones (excluding diaryl/α,β-unsaturated/α-hetero) is 1. The van der Waals surface area contributed by atoms with Crippen LogP contribution in [-0.4, -0.2) is 16.6 Å². The molecule has 0 spiro atoms. The van der Waals surface area contributed by atoms with Crippen LogP contribution in [0.5, 0.6) is 0 Å². The van der Waals surface area contributed by atoms with E-state index in [1.165, 1.54) is 26.0 Å². The highest BCUT2D eigenvalue weighted by atomic mass is 16.6. The minimum absolute atomic E-state index is 0.0308. The van der Waals surface area contributed by atoms with Crippen LogP contribution in [0.2, 0.25) is 0 Å². The molecule has 1 N–H and O–H groups in total. The average molecular weight is 264 g/mol. The predicted octanol–water partition coefficient (Wildman–Crippen LogP) is 1.93. The molecule has 1 amide bonds. The molecule has 102 valence electrons. The van der Waals surface area contributed by atoms with Gasteiger partial charge >= 0.3 is 0 Å². The van der Waals surface area contributed by atoms with Gasteiger partial charge in [-0.1, -0.05) is 0 Å². The summed E-state index contributed by atoms with van der Waals surface area (Å²) in [7, 11) is 0. The number of non-ortho nitro benzene ring substituents is 1. The maximum atomic E-state index is 11.3. The van der Waals surface area contributed by atoms with E-state index in [1.807, 2.05) is 0 Å². The van der Waals surface area contributed by atoms with Gasteiger partial charge in [-0.2, -0.15) is 0 Å². The van der Waals surface area contributed by atoms with E-state index in [0.29, 0.717) is 5.56 Å². The standard InChI is InChI=1S/C13H16N2O4/c1-9(16)8-13(3,14-10(2)17)11-4-6-12(7-5-11)15(18)19/h4-7H,8H2,1-3H3,(H,14,17).